The van der Waals surface area contributed by atoms with Crippen molar-refractivity contribution in [2.75, 3.05) is 0 Å². The number of amides is 1. The molecule has 2 unspecified atom stereocenters. The summed E-state index contributed by atoms with van der Waals surface area (Å²) < 4.78 is 13.4. The number of rotatable bonds is 4. The fraction of sp³-hybridized carbons (Fsp3) is 0.353. The molecule has 0 bridgehead atoms. The minimum absolute atomic E-state index is 0.0427. The van der Waals surface area contributed by atoms with E-state index < -0.39 is 29.7 Å². The summed E-state index contributed by atoms with van der Waals surface area (Å²) in [5, 5.41) is 20.5. The van der Waals surface area contributed by atoms with Crippen LogP contribution in [-0.2, 0) is 0 Å². The molecular weight excluding hydrogens is 313 g/mol. The van der Waals surface area contributed by atoms with Crippen LogP contribution in [0, 0.1) is 5.95 Å². The zero-order chi connectivity index (χ0) is 17.9. The molecule has 128 valence electrons. The Labute approximate surface area is 139 Å². The molecule has 1 amide bonds. The number of carboxylic acid groups (broad SMARTS) is 1. The van der Waals surface area contributed by atoms with Gasteiger partial charge in [-0.05, 0) is 45.0 Å². The van der Waals surface area contributed by atoms with Gasteiger partial charge in [-0.1, -0.05) is 12.1 Å². The van der Waals surface area contributed by atoms with Crippen LogP contribution >= 0.6 is 0 Å². The first kappa shape index (κ1) is 17.8. The van der Waals surface area contributed by atoms with Gasteiger partial charge in [0.05, 0.1) is 11.4 Å². The topological polar surface area (TPSA) is 86.6 Å². The molecule has 0 fully saturated rings. The Balaban J connectivity index is 2.56. The van der Waals surface area contributed by atoms with Crippen LogP contribution in [0.15, 0.2) is 42.6 Å². The minimum atomic E-state index is -1.37. The Bertz CT molecular complexity index is 704. The Morgan fingerprint density at radius 3 is 2.33 bits per heavy atom. The molecule has 2 aromatic rings. The molecule has 7 heteroatoms. The van der Waals surface area contributed by atoms with E-state index >= 15 is 0 Å². The monoisotopic (exact) mass is 333 g/mol. The standard InChI is InChI=1S/C17H20FN3O3/c1-17(2,3)21(16(23)24)14(11-7-4-5-10-19-11)15(22)12-8-6-9-13(18)20-12/h4-10,14-15,22H,1-3H3,(H,23,24). The molecule has 0 spiro atoms. The highest BCUT2D eigenvalue weighted by Crippen LogP contribution is 2.36. The molecule has 0 aliphatic carbocycles. The van der Waals surface area contributed by atoms with Gasteiger partial charge >= 0.3 is 6.09 Å². The van der Waals surface area contributed by atoms with Gasteiger partial charge in [-0.25, -0.2) is 9.78 Å². The van der Waals surface area contributed by atoms with E-state index in [0.717, 1.165) is 11.0 Å². The van der Waals surface area contributed by atoms with E-state index in [0.29, 0.717) is 5.69 Å². The van der Waals surface area contributed by atoms with Gasteiger partial charge in [0.2, 0.25) is 5.95 Å². The molecule has 24 heavy (non-hydrogen) atoms. The van der Waals surface area contributed by atoms with Crippen LogP contribution in [0.4, 0.5) is 9.18 Å². The summed E-state index contributed by atoms with van der Waals surface area (Å²) in [5.41, 5.74) is -0.419. The maximum absolute atomic E-state index is 13.4. The van der Waals surface area contributed by atoms with Crippen LogP contribution in [-0.4, -0.2) is 36.7 Å². The van der Waals surface area contributed by atoms with Gasteiger partial charge in [-0.2, -0.15) is 4.39 Å². The molecule has 0 aliphatic rings. The van der Waals surface area contributed by atoms with Crippen molar-refractivity contribution in [2.24, 2.45) is 0 Å². The molecule has 0 saturated heterocycles. The summed E-state index contributed by atoms with van der Waals surface area (Å²) in [7, 11) is 0. The summed E-state index contributed by atoms with van der Waals surface area (Å²) in [5.74, 6) is -0.746. The van der Waals surface area contributed by atoms with Gasteiger partial charge in [0, 0.05) is 11.7 Å². The van der Waals surface area contributed by atoms with Crippen molar-refractivity contribution in [3.8, 4) is 0 Å². The van der Waals surface area contributed by atoms with Crippen LogP contribution in [0.2, 0.25) is 0 Å². The van der Waals surface area contributed by atoms with Crippen molar-refractivity contribution in [1.29, 1.82) is 0 Å². The molecule has 2 heterocycles. The maximum atomic E-state index is 13.4. The van der Waals surface area contributed by atoms with Crippen LogP contribution < -0.4 is 0 Å². The average molecular weight is 333 g/mol. The first-order valence-electron chi connectivity index (χ1n) is 7.45. The minimum Gasteiger partial charge on any atom is -0.465 e. The van der Waals surface area contributed by atoms with Crippen LogP contribution in [0.25, 0.3) is 0 Å². The molecule has 6 nitrogen and oxygen atoms in total. The number of hydrogen-bond acceptors (Lipinski definition) is 4. The highest BCUT2D eigenvalue weighted by Gasteiger charge is 2.40. The molecule has 0 aliphatic heterocycles. The first-order chi connectivity index (χ1) is 11.2. The smallest absolute Gasteiger partial charge is 0.408 e. The van der Waals surface area contributed by atoms with E-state index in [-0.39, 0.29) is 5.69 Å². The number of hydrogen-bond donors (Lipinski definition) is 2. The van der Waals surface area contributed by atoms with Crippen molar-refractivity contribution >= 4 is 6.09 Å². The van der Waals surface area contributed by atoms with Gasteiger partial charge < -0.3 is 10.2 Å². The SMILES string of the molecule is CC(C)(C)N(C(=O)O)C(c1ccccn1)C(O)c1cccc(F)n1. The zero-order valence-electron chi connectivity index (χ0n) is 13.7. The van der Waals surface area contributed by atoms with E-state index in [9.17, 15) is 19.4 Å². The third kappa shape index (κ3) is 3.86. The van der Waals surface area contributed by atoms with Crippen LogP contribution in [0.5, 0.6) is 0 Å². The fourth-order valence-corrected chi connectivity index (χ4v) is 2.56. The quantitative estimate of drug-likeness (QED) is 0.839. The summed E-state index contributed by atoms with van der Waals surface area (Å²) >= 11 is 0. The molecule has 0 aromatic carbocycles. The molecule has 0 saturated carbocycles. The van der Waals surface area contributed by atoms with Crippen LogP contribution in [0.3, 0.4) is 0 Å². The first-order valence-corrected chi connectivity index (χ1v) is 7.45. The fourth-order valence-electron chi connectivity index (χ4n) is 2.56. The molecule has 2 rings (SSSR count). The Morgan fingerprint density at radius 1 is 1.17 bits per heavy atom. The van der Waals surface area contributed by atoms with E-state index in [1.807, 2.05) is 0 Å². The summed E-state index contributed by atoms with van der Waals surface area (Å²) in [6.07, 6.45) is -1.07. The lowest BCUT2D eigenvalue weighted by Crippen LogP contribution is -2.49. The second kappa shape index (κ2) is 6.92. The summed E-state index contributed by atoms with van der Waals surface area (Å²) in [6, 6.07) is 8.00. The van der Waals surface area contributed by atoms with E-state index in [2.05, 4.69) is 9.97 Å². The maximum Gasteiger partial charge on any atom is 0.408 e. The lowest BCUT2D eigenvalue weighted by atomic mass is 9.95. The lowest BCUT2D eigenvalue weighted by molar-refractivity contribution is 0.00137. The van der Waals surface area contributed by atoms with Crippen molar-refractivity contribution in [2.45, 2.75) is 38.5 Å². The Morgan fingerprint density at radius 2 is 1.83 bits per heavy atom. The average Bonchev–Trinajstić information content (AvgIpc) is 2.51. The Hall–Kier alpha value is -2.54. The summed E-state index contributed by atoms with van der Waals surface area (Å²) in [4.78, 5) is 20.8. The molecule has 0 radical (unpaired) electrons. The lowest BCUT2D eigenvalue weighted by Gasteiger charge is -2.41. The molecule has 2 atom stereocenters. The third-order valence-electron chi connectivity index (χ3n) is 3.54. The van der Waals surface area contributed by atoms with E-state index in [1.54, 1.807) is 39.0 Å². The predicted molar refractivity (Wildman–Crippen MR) is 85.7 cm³/mol. The highest BCUT2D eigenvalue weighted by atomic mass is 19.1. The van der Waals surface area contributed by atoms with E-state index in [1.165, 1.54) is 18.3 Å². The third-order valence-corrected chi connectivity index (χ3v) is 3.54. The van der Waals surface area contributed by atoms with Gasteiger partial charge in [0.15, 0.2) is 0 Å². The second-order valence-electron chi connectivity index (χ2n) is 6.35. The van der Waals surface area contributed by atoms with Gasteiger partial charge in [0.25, 0.3) is 0 Å². The molecule has 2 N–H and O–H groups in total. The number of carbonyl (C=O) groups is 1. The van der Waals surface area contributed by atoms with Crippen molar-refractivity contribution < 1.29 is 19.4 Å². The van der Waals surface area contributed by atoms with Crippen molar-refractivity contribution in [1.82, 2.24) is 14.9 Å². The second-order valence-corrected chi connectivity index (χ2v) is 6.35. The summed E-state index contributed by atoms with van der Waals surface area (Å²) in [6.45, 7) is 5.13. The van der Waals surface area contributed by atoms with E-state index in [4.69, 9.17) is 0 Å². The number of nitrogens with zero attached hydrogens (tertiary/aromatic N) is 3. The highest BCUT2D eigenvalue weighted by molar-refractivity contribution is 5.67. The molecular formula is C17H20FN3O3. The predicted octanol–water partition coefficient (Wildman–Crippen LogP) is 3.17. The number of pyridine rings is 2. The largest absolute Gasteiger partial charge is 0.465 e. The zero-order valence-corrected chi connectivity index (χ0v) is 13.7. The van der Waals surface area contributed by atoms with Gasteiger partial charge in [-0.15, -0.1) is 0 Å². The Kier molecular flexibility index (Phi) is 5.14. The van der Waals surface area contributed by atoms with Crippen molar-refractivity contribution in [3.63, 3.8) is 0 Å². The number of halogens is 1. The normalized spacial score (nSPS) is 14.0. The van der Waals surface area contributed by atoms with Crippen molar-refractivity contribution in [3.05, 3.63) is 59.9 Å². The van der Waals surface area contributed by atoms with Crippen LogP contribution in [0.1, 0.15) is 44.3 Å². The molecule has 2 aromatic heterocycles. The van der Waals surface area contributed by atoms with Gasteiger partial charge in [0.1, 0.15) is 12.1 Å². The van der Waals surface area contributed by atoms with Gasteiger partial charge in [-0.3, -0.25) is 9.88 Å². The number of aliphatic hydroxyl groups excluding tert-OH is 1. The number of aromatic nitrogens is 2. The number of aliphatic hydroxyl groups is 1.